The van der Waals surface area contributed by atoms with Gasteiger partial charge in [0.2, 0.25) is 0 Å². The van der Waals surface area contributed by atoms with E-state index in [0.717, 1.165) is 31.1 Å². The van der Waals surface area contributed by atoms with Crippen molar-refractivity contribution in [1.82, 2.24) is 10.6 Å². The summed E-state index contributed by atoms with van der Waals surface area (Å²) in [5.74, 6) is 0. The van der Waals surface area contributed by atoms with Crippen LogP contribution in [-0.2, 0) is 16.1 Å². The first kappa shape index (κ1) is 20.1. The maximum absolute atomic E-state index is 11.4. The van der Waals surface area contributed by atoms with Crippen molar-refractivity contribution >= 4 is 12.4 Å². The van der Waals surface area contributed by atoms with Gasteiger partial charge in [0.25, 0.3) is 0 Å². The predicted molar refractivity (Wildman–Crippen MR) is 88.7 cm³/mol. The van der Waals surface area contributed by atoms with Crippen LogP contribution in [0.3, 0.4) is 0 Å². The lowest BCUT2D eigenvalue weighted by atomic mass is 10.1. The first-order chi connectivity index (χ1) is 10.8. The molecule has 0 heterocycles. The number of carbonyl (C=O) groups is 2. The number of nitrogens with one attached hydrogen (secondary N) is 2. The second-order valence-electron chi connectivity index (χ2n) is 4.52. The van der Waals surface area contributed by atoms with Crippen molar-refractivity contribution in [1.29, 1.82) is 0 Å². The second-order valence-corrected chi connectivity index (χ2v) is 4.52. The van der Waals surface area contributed by atoms with Crippen LogP contribution < -0.4 is 10.6 Å². The maximum Gasteiger partial charge on any atom is 0.407 e. The number of alkyl carbamates (subject to hydrolysis) is 1. The Kier molecular flexibility index (Phi) is 12.9. The normalized spacial score (nSPS) is 10.9. The van der Waals surface area contributed by atoms with Crippen LogP contribution in [0, 0.1) is 0 Å². The summed E-state index contributed by atoms with van der Waals surface area (Å²) in [6.45, 7) is 4.84. The van der Waals surface area contributed by atoms with Crippen molar-refractivity contribution in [2.24, 2.45) is 0 Å². The first-order valence-corrected chi connectivity index (χ1v) is 7.83. The van der Waals surface area contributed by atoms with Gasteiger partial charge in [-0.15, -0.1) is 0 Å². The monoisotopic (exact) mass is 308 g/mol. The fraction of sp³-hybridized carbons (Fsp3) is 0.529. The lowest BCUT2D eigenvalue weighted by molar-refractivity contribution is -0.109. The lowest BCUT2D eigenvalue weighted by Crippen LogP contribution is -2.28. The van der Waals surface area contributed by atoms with Gasteiger partial charge in [-0.3, -0.25) is 0 Å². The molecule has 5 heteroatoms. The molecule has 0 saturated heterocycles. The largest absolute Gasteiger partial charge is 0.445 e. The van der Waals surface area contributed by atoms with Crippen molar-refractivity contribution in [3.05, 3.63) is 35.9 Å². The van der Waals surface area contributed by atoms with E-state index < -0.39 is 6.09 Å². The number of carbonyl (C=O) groups excluding carboxylic acids is 2. The van der Waals surface area contributed by atoms with Crippen LogP contribution in [-0.4, -0.2) is 32.0 Å². The lowest BCUT2D eigenvalue weighted by Gasteiger charge is -2.09. The smallest absolute Gasteiger partial charge is 0.407 e. The van der Waals surface area contributed by atoms with E-state index in [2.05, 4.69) is 10.6 Å². The molecule has 0 bridgehead atoms. The third-order valence-corrected chi connectivity index (χ3v) is 2.96. The van der Waals surface area contributed by atoms with Crippen LogP contribution in [0.5, 0.6) is 0 Å². The molecule has 5 nitrogen and oxygen atoms in total. The van der Waals surface area contributed by atoms with Gasteiger partial charge in [-0.2, -0.15) is 0 Å². The minimum atomic E-state index is -0.408. The maximum atomic E-state index is 11.4. The Morgan fingerprint density at radius 1 is 1.23 bits per heavy atom. The number of likely N-dealkylation sites (N-methyl/N-ethyl adjacent to an activating group) is 1. The number of hydrogen-bond donors (Lipinski definition) is 2. The highest BCUT2D eigenvalue weighted by Gasteiger charge is 2.04. The van der Waals surface area contributed by atoms with E-state index in [1.54, 1.807) is 7.05 Å². The molecule has 1 amide bonds. The molecule has 2 N–H and O–H groups in total. The summed E-state index contributed by atoms with van der Waals surface area (Å²) in [5.41, 5.74) is 0.963. The predicted octanol–water partition coefficient (Wildman–Crippen LogP) is 2.90. The molecule has 0 spiro atoms. The molecule has 1 unspecified atom stereocenters. The Morgan fingerprint density at radius 2 is 1.91 bits per heavy atom. The van der Waals surface area contributed by atoms with Crippen LogP contribution in [0.15, 0.2) is 30.3 Å². The molecule has 1 atom stereocenters. The van der Waals surface area contributed by atoms with Gasteiger partial charge in [0.15, 0.2) is 0 Å². The number of unbranched alkanes of at least 4 members (excludes halogenated alkanes) is 1. The molecule has 1 rings (SSSR count). The standard InChI is InChI=1S/C15H22N2O3.C2H6/c1-16-14(11-18)9-5-6-10-17-15(19)20-12-13-7-3-2-4-8-13;1-2/h2-4,7-8,11,14,16H,5-6,9-10,12H2,1H3,(H,17,19);1-2H3. The average Bonchev–Trinajstić information content (AvgIpc) is 2.59. The zero-order chi connectivity index (χ0) is 16.6. The van der Waals surface area contributed by atoms with Crippen LogP contribution in [0.2, 0.25) is 0 Å². The molecule has 0 fully saturated rings. The van der Waals surface area contributed by atoms with E-state index in [1.807, 2.05) is 44.2 Å². The first-order valence-electron chi connectivity index (χ1n) is 7.83. The molecule has 0 radical (unpaired) electrons. The summed E-state index contributed by atoms with van der Waals surface area (Å²) < 4.78 is 5.08. The highest BCUT2D eigenvalue weighted by molar-refractivity contribution is 5.67. The van der Waals surface area contributed by atoms with Gasteiger partial charge in [0.1, 0.15) is 12.9 Å². The van der Waals surface area contributed by atoms with E-state index in [4.69, 9.17) is 4.74 Å². The Balaban J connectivity index is 0.00000211. The molecule has 0 aliphatic carbocycles. The summed E-state index contributed by atoms with van der Waals surface area (Å²) in [6, 6.07) is 9.44. The molecule has 1 aromatic carbocycles. The van der Waals surface area contributed by atoms with Crippen molar-refractivity contribution in [3.8, 4) is 0 Å². The van der Waals surface area contributed by atoms with E-state index in [-0.39, 0.29) is 12.6 Å². The summed E-state index contributed by atoms with van der Waals surface area (Å²) in [5, 5.41) is 5.60. The highest BCUT2D eigenvalue weighted by Crippen LogP contribution is 2.01. The van der Waals surface area contributed by atoms with Crippen LogP contribution in [0.1, 0.15) is 38.7 Å². The van der Waals surface area contributed by atoms with Crippen LogP contribution >= 0.6 is 0 Å². The summed E-state index contributed by atoms with van der Waals surface area (Å²) in [7, 11) is 1.76. The molecule has 0 aliphatic heterocycles. The summed E-state index contributed by atoms with van der Waals surface area (Å²) >= 11 is 0. The molecular formula is C17H28N2O3. The number of rotatable bonds is 9. The zero-order valence-electron chi connectivity index (χ0n) is 13.8. The Hall–Kier alpha value is -1.88. The van der Waals surface area contributed by atoms with Gasteiger partial charge in [-0.05, 0) is 31.9 Å². The Bertz CT molecular complexity index is 396. The quantitative estimate of drug-likeness (QED) is 0.544. The molecule has 124 valence electrons. The van der Waals surface area contributed by atoms with Crippen LogP contribution in [0.25, 0.3) is 0 Å². The third kappa shape index (κ3) is 9.94. The Morgan fingerprint density at radius 3 is 2.50 bits per heavy atom. The molecule has 1 aromatic rings. The third-order valence-electron chi connectivity index (χ3n) is 2.96. The van der Waals surface area contributed by atoms with E-state index >= 15 is 0 Å². The fourth-order valence-corrected chi connectivity index (χ4v) is 1.73. The highest BCUT2D eigenvalue weighted by atomic mass is 16.5. The molecular weight excluding hydrogens is 280 g/mol. The number of aldehydes is 1. The number of ether oxygens (including phenoxy) is 1. The average molecular weight is 308 g/mol. The number of hydrogen-bond acceptors (Lipinski definition) is 4. The number of benzene rings is 1. The fourth-order valence-electron chi connectivity index (χ4n) is 1.73. The van der Waals surface area contributed by atoms with Gasteiger partial charge in [-0.1, -0.05) is 44.2 Å². The van der Waals surface area contributed by atoms with Gasteiger partial charge >= 0.3 is 6.09 Å². The van der Waals surface area contributed by atoms with E-state index in [9.17, 15) is 9.59 Å². The SMILES string of the molecule is CC.CNC(C=O)CCCCNC(=O)OCc1ccccc1. The molecule has 0 saturated carbocycles. The zero-order valence-corrected chi connectivity index (χ0v) is 13.8. The van der Waals surface area contributed by atoms with Crippen molar-refractivity contribution < 1.29 is 14.3 Å². The minimum Gasteiger partial charge on any atom is -0.445 e. The summed E-state index contributed by atoms with van der Waals surface area (Å²) in [6.07, 6.45) is 2.98. The minimum absolute atomic E-state index is 0.0972. The summed E-state index contributed by atoms with van der Waals surface area (Å²) in [4.78, 5) is 22.0. The van der Waals surface area contributed by atoms with Crippen molar-refractivity contribution in [3.63, 3.8) is 0 Å². The molecule has 22 heavy (non-hydrogen) atoms. The van der Waals surface area contributed by atoms with E-state index in [1.165, 1.54) is 0 Å². The van der Waals surface area contributed by atoms with Gasteiger partial charge in [0.05, 0.1) is 6.04 Å². The van der Waals surface area contributed by atoms with Gasteiger partial charge in [-0.25, -0.2) is 4.79 Å². The number of amides is 1. The second kappa shape index (κ2) is 14.1. The molecule has 0 aromatic heterocycles. The molecule has 0 aliphatic rings. The van der Waals surface area contributed by atoms with E-state index in [0.29, 0.717) is 6.54 Å². The van der Waals surface area contributed by atoms with Gasteiger partial charge < -0.3 is 20.2 Å². The Labute approximate surface area is 133 Å². The topological polar surface area (TPSA) is 67.4 Å². The van der Waals surface area contributed by atoms with Crippen molar-refractivity contribution in [2.45, 2.75) is 45.8 Å². The van der Waals surface area contributed by atoms with Crippen molar-refractivity contribution in [2.75, 3.05) is 13.6 Å². The van der Waals surface area contributed by atoms with Gasteiger partial charge in [0, 0.05) is 6.54 Å². The van der Waals surface area contributed by atoms with Crippen LogP contribution in [0.4, 0.5) is 4.79 Å².